The van der Waals surface area contributed by atoms with Crippen LogP contribution >= 0.6 is 12.4 Å². The maximum Gasteiger partial charge on any atom is 0.181 e. The van der Waals surface area contributed by atoms with E-state index in [9.17, 15) is 0 Å². The van der Waals surface area contributed by atoms with E-state index in [-0.39, 0.29) is 12.4 Å². The van der Waals surface area contributed by atoms with Gasteiger partial charge in [0, 0.05) is 24.6 Å². The molecule has 2 aliphatic rings. The number of likely N-dealkylation sites (tertiary alicyclic amines) is 1. The molecule has 1 aromatic heterocycles. The van der Waals surface area contributed by atoms with Gasteiger partial charge in [0.15, 0.2) is 5.82 Å². The van der Waals surface area contributed by atoms with Gasteiger partial charge in [0.05, 0.1) is 0 Å². The molecule has 2 saturated heterocycles. The highest BCUT2D eigenvalue weighted by molar-refractivity contribution is 5.85. The Balaban J connectivity index is 0.00000182. The lowest BCUT2D eigenvalue weighted by molar-refractivity contribution is 0.143. The third kappa shape index (κ3) is 4.22. The van der Waals surface area contributed by atoms with Crippen molar-refractivity contribution in [3.05, 3.63) is 36.2 Å². The Labute approximate surface area is 156 Å². The number of halogens is 1. The highest BCUT2D eigenvalue weighted by atomic mass is 35.5. The van der Waals surface area contributed by atoms with Crippen molar-refractivity contribution >= 4 is 12.4 Å². The maximum atomic E-state index is 4.75. The van der Waals surface area contributed by atoms with Crippen LogP contribution in [0.1, 0.15) is 37.9 Å². The number of nitrogens with zero attached hydrogens (tertiary/aromatic N) is 3. The molecule has 0 spiro atoms. The molecule has 1 atom stereocenters. The molecule has 0 bridgehead atoms. The summed E-state index contributed by atoms with van der Waals surface area (Å²) in [4.78, 5) is 7.39. The lowest BCUT2D eigenvalue weighted by Crippen LogP contribution is -2.41. The van der Waals surface area contributed by atoms with Gasteiger partial charge in [0.2, 0.25) is 0 Å². The van der Waals surface area contributed by atoms with Gasteiger partial charge in [-0.05, 0) is 44.3 Å². The first-order valence-electron chi connectivity index (χ1n) is 9.13. The average molecular weight is 362 g/mol. The Hall–Kier alpha value is -1.43. The van der Waals surface area contributed by atoms with Crippen molar-refractivity contribution in [3.63, 3.8) is 0 Å². The van der Waals surface area contributed by atoms with Crippen LogP contribution in [0.3, 0.4) is 0 Å². The van der Waals surface area contributed by atoms with E-state index in [4.69, 9.17) is 4.98 Å². The molecule has 0 amide bonds. The molecule has 4 rings (SSSR count). The predicted octanol–water partition coefficient (Wildman–Crippen LogP) is 3.07. The fourth-order valence-corrected chi connectivity index (χ4v) is 4.08. The quantitative estimate of drug-likeness (QED) is 0.878. The Kier molecular flexibility index (Phi) is 5.77. The Morgan fingerprint density at radius 2 is 1.96 bits per heavy atom. The molecule has 1 unspecified atom stereocenters. The summed E-state index contributed by atoms with van der Waals surface area (Å²) in [7, 11) is 0. The van der Waals surface area contributed by atoms with Crippen molar-refractivity contribution in [2.24, 2.45) is 5.41 Å². The molecule has 5 nitrogen and oxygen atoms in total. The van der Waals surface area contributed by atoms with Gasteiger partial charge in [-0.2, -0.15) is 5.10 Å². The molecular weight excluding hydrogens is 334 g/mol. The van der Waals surface area contributed by atoms with Crippen LogP contribution in [0.25, 0.3) is 11.4 Å². The molecule has 0 aliphatic carbocycles. The standard InChI is InChI=1S/C19H27N5.ClH/c1-19(9-10-20-13-19)14-24-11-7-16(8-12-24)18-21-17(22-23-18)15-5-3-2-4-6-15;/h2-6,16,20H,7-14H2,1H3,(H,21,22,23);1H. The first kappa shape index (κ1) is 18.4. The van der Waals surface area contributed by atoms with Gasteiger partial charge in [-0.25, -0.2) is 4.98 Å². The molecule has 3 heterocycles. The van der Waals surface area contributed by atoms with Gasteiger partial charge in [0.1, 0.15) is 5.82 Å². The lowest BCUT2D eigenvalue weighted by atomic mass is 9.87. The SMILES string of the molecule is CC1(CN2CCC(c3nc(-c4ccccc4)n[nH]3)CC2)CCNC1.Cl. The van der Waals surface area contributed by atoms with E-state index >= 15 is 0 Å². The van der Waals surface area contributed by atoms with Crippen LogP contribution in [0.15, 0.2) is 30.3 Å². The minimum Gasteiger partial charge on any atom is -0.316 e. The number of rotatable bonds is 4. The fraction of sp³-hybridized carbons (Fsp3) is 0.579. The fourth-order valence-electron chi connectivity index (χ4n) is 4.08. The molecule has 2 N–H and O–H groups in total. The third-order valence-corrected chi connectivity index (χ3v) is 5.57. The van der Waals surface area contributed by atoms with E-state index in [1.54, 1.807) is 0 Å². The highest BCUT2D eigenvalue weighted by Crippen LogP contribution is 2.31. The van der Waals surface area contributed by atoms with Gasteiger partial charge < -0.3 is 10.2 Å². The van der Waals surface area contributed by atoms with Gasteiger partial charge in [-0.3, -0.25) is 5.10 Å². The van der Waals surface area contributed by atoms with E-state index in [2.05, 4.69) is 39.5 Å². The summed E-state index contributed by atoms with van der Waals surface area (Å²) in [5.41, 5.74) is 1.54. The Bertz CT molecular complexity index is 657. The minimum atomic E-state index is 0. The minimum absolute atomic E-state index is 0. The summed E-state index contributed by atoms with van der Waals surface area (Å²) in [6.07, 6.45) is 3.65. The molecule has 2 aromatic rings. The smallest absolute Gasteiger partial charge is 0.181 e. The van der Waals surface area contributed by atoms with Crippen LogP contribution in [0.5, 0.6) is 0 Å². The average Bonchev–Trinajstić information content (AvgIpc) is 3.26. The first-order valence-corrected chi connectivity index (χ1v) is 9.13. The number of hydrogen-bond donors (Lipinski definition) is 2. The van der Waals surface area contributed by atoms with Gasteiger partial charge in [-0.15, -0.1) is 12.4 Å². The van der Waals surface area contributed by atoms with Crippen LogP contribution in [0, 0.1) is 5.41 Å². The second-order valence-electron chi connectivity index (χ2n) is 7.70. The van der Waals surface area contributed by atoms with Gasteiger partial charge >= 0.3 is 0 Å². The van der Waals surface area contributed by atoms with Crippen LogP contribution in [0.2, 0.25) is 0 Å². The molecule has 25 heavy (non-hydrogen) atoms. The van der Waals surface area contributed by atoms with E-state index < -0.39 is 0 Å². The van der Waals surface area contributed by atoms with E-state index in [0.29, 0.717) is 11.3 Å². The Morgan fingerprint density at radius 1 is 1.20 bits per heavy atom. The molecule has 0 radical (unpaired) electrons. The summed E-state index contributed by atoms with van der Waals surface area (Å²) in [6.45, 7) is 8.31. The summed E-state index contributed by atoms with van der Waals surface area (Å²) < 4.78 is 0. The van der Waals surface area contributed by atoms with Gasteiger partial charge in [0.25, 0.3) is 0 Å². The third-order valence-electron chi connectivity index (χ3n) is 5.57. The van der Waals surface area contributed by atoms with E-state index in [1.165, 1.54) is 45.4 Å². The number of aromatic amines is 1. The number of nitrogens with one attached hydrogen (secondary N) is 2. The zero-order chi connectivity index (χ0) is 16.4. The van der Waals surface area contributed by atoms with Crippen LogP contribution in [0.4, 0.5) is 0 Å². The molecule has 6 heteroatoms. The van der Waals surface area contributed by atoms with Crippen molar-refractivity contribution in [2.75, 3.05) is 32.7 Å². The van der Waals surface area contributed by atoms with E-state index in [1.807, 2.05) is 18.2 Å². The monoisotopic (exact) mass is 361 g/mol. The molecular formula is C19H28ClN5. The maximum absolute atomic E-state index is 4.75. The van der Waals surface area contributed by atoms with Crippen molar-refractivity contribution in [2.45, 2.75) is 32.1 Å². The van der Waals surface area contributed by atoms with Gasteiger partial charge in [-0.1, -0.05) is 37.3 Å². The lowest BCUT2D eigenvalue weighted by Gasteiger charge is -2.36. The topological polar surface area (TPSA) is 56.8 Å². The second kappa shape index (κ2) is 7.85. The number of H-pyrrole nitrogens is 1. The van der Waals surface area contributed by atoms with Crippen molar-refractivity contribution < 1.29 is 0 Å². The second-order valence-corrected chi connectivity index (χ2v) is 7.70. The highest BCUT2D eigenvalue weighted by Gasteiger charge is 2.32. The summed E-state index contributed by atoms with van der Waals surface area (Å²) in [5.74, 6) is 2.39. The van der Waals surface area contributed by atoms with E-state index in [0.717, 1.165) is 23.8 Å². The zero-order valence-electron chi connectivity index (χ0n) is 14.9. The first-order chi connectivity index (χ1) is 11.7. The van der Waals surface area contributed by atoms with Crippen molar-refractivity contribution in [1.82, 2.24) is 25.4 Å². The predicted molar refractivity (Wildman–Crippen MR) is 103 cm³/mol. The van der Waals surface area contributed by atoms with Crippen molar-refractivity contribution in [1.29, 1.82) is 0 Å². The summed E-state index contributed by atoms with van der Waals surface area (Å²) in [5, 5.41) is 11.1. The number of benzene rings is 1. The largest absolute Gasteiger partial charge is 0.316 e. The summed E-state index contributed by atoms with van der Waals surface area (Å²) >= 11 is 0. The zero-order valence-corrected chi connectivity index (χ0v) is 15.7. The Morgan fingerprint density at radius 3 is 2.64 bits per heavy atom. The molecule has 2 fully saturated rings. The number of piperidine rings is 1. The summed E-state index contributed by atoms with van der Waals surface area (Å²) in [6, 6.07) is 10.2. The molecule has 0 saturated carbocycles. The molecule has 1 aromatic carbocycles. The van der Waals surface area contributed by atoms with Crippen LogP contribution in [-0.4, -0.2) is 52.8 Å². The number of aromatic nitrogens is 3. The van der Waals surface area contributed by atoms with Crippen LogP contribution < -0.4 is 5.32 Å². The molecule has 136 valence electrons. The molecule has 2 aliphatic heterocycles. The number of hydrogen-bond acceptors (Lipinski definition) is 4. The normalized spacial score (nSPS) is 25.0. The van der Waals surface area contributed by atoms with Crippen molar-refractivity contribution in [3.8, 4) is 11.4 Å². The van der Waals surface area contributed by atoms with Crippen LogP contribution in [-0.2, 0) is 0 Å².